The smallest absolute Gasteiger partial charge is 0.228 e. The van der Waals surface area contributed by atoms with Crippen molar-refractivity contribution in [2.45, 2.75) is 36.0 Å². The Balaban J connectivity index is 1.53. The molecule has 3 rings (SSSR count). The van der Waals surface area contributed by atoms with E-state index in [0.717, 1.165) is 29.8 Å². The number of thioether (sulfide) groups is 1. The summed E-state index contributed by atoms with van der Waals surface area (Å²) >= 11 is 1.73. The van der Waals surface area contributed by atoms with E-state index in [2.05, 4.69) is 27.6 Å². The lowest BCUT2D eigenvalue weighted by Crippen LogP contribution is -2.29. The molecule has 0 radical (unpaired) electrons. The Morgan fingerprint density at radius 2 is 2.15 bits per heavy atom. The van der Waals surface area contributed by atoms with Gasteiger partial charge in [-0.15, -0.1) is 11.8 Å². The highest BCUT2D eigenvalue weighted by Crippen LogP contribution is 2.33. The predicted molar refractivity (Wildman–Crippen MR) is 79.6 cm³/mol. The number of aromatic nitrogens is 2. The topological polar surface area (TPSA) is 51.0 Å². The minimum atomic E-state index is 0.477. The first-order valence-electron chi connectivity index (χ1n) is 7.01. The second kappa shape index (κ2) is 6.41. The zero-order valence-corrected chi connectivity index (χ0v) is 12.4. The van der Waals surface area contributed by atoms with Crippen molar-refractivity contribution >= 4 is 11.8 Å². The standard InChI is InChI=1S/C15H19N3OS/c1-16-13(11-7-8-11)9-15-17-14(18-19-15)10-20-12-5-3-2-4-6-12/h2-6,11,13,16H,7-10H2,1H3. The third-order valence-electron chi connectivity index (χ3n) is 3.58. The summed E-state index contributed by atoms with van der Waals surface area (Å²) in [6, 6.07) is 10.8. The van der Waals surface area contributed by atoms with E-state index in [-0.39, 0.29) is 0 Å². The van der Waals surface area contributed by atoms with Crippen LogP contribution in [0.2, 0.25) is 0 Å². The van der Waals surface area contributed by atoms with Crippen molar-refractivity contribution in [3.63, 3.8) is 0 Å². The van der Waals surface area contributed by atoms with Gasteiger partial charge in [0.2, 0.25) is 5.89 Å². The molecule has 1 aliphatic carbocycles. The highest BCUT2D eigenvalue weighted by atomic mass is 32.2. The van der Waals surface area contributed by atoms with Gasteiger partial charge in [0.15, 0.2) is 5.82 Å². The molecule has 1 unspecified atom stereocenters. The van der Waals surface area contributed by atoms with Gasteiger partial charge in [-0.05, 0) is 37.9 Å². The van der Waals surface area contributed by atoms with E-state index in [1.54, 1.807) is 11.8 Å². The number of nitrogens with one attached hydrogen (secondary N) is 1. The maximum Gasteiger partial charge on any atom is 0.228 e. The number of likely N-dealkylation sites (N-methyl/N-ethyl adjacent to an activating group) is 1. The summed E-state index contributed by atoms with van der Waals surface area (Å²) in [6.07, 6.45) is 3.47. The molecule has 1 aromatic heterocycles. The second-order valence-electron chi connectivity index (χ2n) is 5.14. The largest absolute Gasteiger partial charge is 0.339 e. The molecule has 0 saturated heterocycles. The number of hydrogen-bond donors (Lipinski definition) is 1. The lowest BCUT2D eigenvalue weighted by Gasteiger charge is -2.11. The molecule has 0 bridgehead atoms. The lowest BCUT2D eigenvalue weighted by atomic mass is 10.1. The van der Waals surface area contributed by atoms with Crippen LogP contribution in [0.15, 0.2) is 39.8 Å². The molecular formula is C15H19N3OS. The first kappa shape index (κ1) is 13.6. The normalized spacial score (nSPS) is 16.2. The van der Waals surface area contributed by atoms with Crippen molar-refractivity contribution in [2.75, 3.05) is 7.05 Å². The molecule has 1 saturated carbocycles. The molecule has 0 aliphatic heterocycles. The molecule has 20 heavy (non-hydrogen) atoms. The van der Waals surface area contributed by atoms with Crippen LogP contribution in [0.5, 0.6) is 0 Å². The van der Waals surface area contributed by atoms with Crippen molar-refractivity contribution < 1.29 is 4.52 Å². The summed E-state index contributed by atoms with van der Waals surface area (Å²) in [6.45, 7) is 0. The van der Waals surface area contributed by atoms with Crippen LogP contribution in [0.1, 0.15) is 24.6 Å². The van der Waals surface area contributed by atoms with E-state index in [1.165, 1.54) is 17.7 Å². The predicted octanol–water partition coefficient (Wildman–Crippen LogP) is 2.90. The van der Waals surface area contributed by atoms with Gasteiger partial charge in [-0.25, -0.2) is 0 Å². The van der Waals surface area contributed by atoms with Gasteiger partial charge in [0.25, 0.3) is 0 Å². The molecule has 4 nitrogen and oxygen atoms in total. The first-order chi connectivity index (χ1) is 9.85. The van der Waals surface area contributed by atoms with E-state index >= 15 is 0 Å². The van der Waals surface area contributed by atoms with Crippen molar-refractivity contribution in [2.24, 2.45) is 5.92 Å². The van der Waals surface area contributed by atoms with Crippen molar-refractivity contribution in [3.8, 4) is 0 Å². The molecule has 1 fully saturated rings. The first-order valence-corrected chi connectivity index (χ1v) is 8.00. The van der Waals surface area contributed by atoms with Crippen LogP contribution in [-0.4, -0.2) is 23.2 Å². The summed E-state index contributed by atoms with van der Waals surface area (Å²) < 4.78 is 5.35. The fraction of sp³-hybridized carbons (Fsp3) is 0.467. The number of rotatable bonds is 7. The molecule has 1 heterocycles. The van der Waals surface area contributed by atoms with Gasteiger partial charge in [-0.3, -0.25) is 0 Å². The Hall–Kier alpha value is -1.33. The summed E-state index contributed by atoms with van der Waals surface area (Å²) in [5.41, 5.74) is 0. The molecular weight excluding hydrogens is 270 g/mol. The van der Waals surface area contributed by atoms with Gasteiger partial charge in [-0.1, -0.05) is 23.4 Å². The van der Waals surface area contributed by atoms with E-state index in [9.17, 15) is 0 Å². The Kier molecular flexibility index (Phi) is 4.38. The van der Waals surface area contributed by atoms with Gasteiger partial charge in [0.05, 0.1) is 5.75 Å². The number of nitrogens with zero attached hydrogens (tertiary/aromatic N) is 2. The molecule has 1 N–H and O–H groups in total. The number of benzene rings is 1. The zero-order chi connectivity index (χ0) is 13.8. The van der Waals surface area contributed by atoms with E-state index in [0.29, 0.717) is 6.04 Å². The van der Waals surface area contributed by atoms with Gasteiger partial charge in [-0.2, -0.15) is 4.98 Å². The fourth-order valence-electron chi connectivity index (χ4n) is 2.29. The molecule has 1 atom stereocenters. The molecule has 1 aromatic carbocycles. The molecule has 1 aliphatic rings. The Morgan fingerprint density at radius 3 is 2.85 bits per heavy atom. The molecule has 2 aromatic rings. The average Bonchev–Trinajstić information content (AvgIpc) is 3.24. The summed E-state index contributed by atoms with van der Waals surface area (Å²) in [4.78, 5) is 5.71. The number of hydrogen-bond acceptors (Lipinski definition) is 5. The summed E-state index contributed by atoms with van der Waals surface area (Å²) in [7, 11) is 2.01. The van der Waals surface area contributed by atoms with Gasteiger partial charge < -0.3 is 9.84 Å². The van der Waals surface area contributed by atoms with Gasteiger partial charge in [0.1, 0.15) is 0 Å². The van der Waals surface area contributed by atoms with Crippen molar-refractivity contribution in [1.82, 2.24) is 15.5 Å². The van der Waals surface area contributed by atoms with Crippen molar-refractivity contribution in [3.05, 3.63) is 42.0 Å². The maximum atomic E-state index is 5.35. The highest BCUT2D eigenvalue weighted by Gasteiger charge is 2.31. The SMILES string of the molecule is CNC(Cc1nc(CSc2ccccc2)no1)C1CC1. The van der Waals surface area contributed by atoms with Crippen LogP contribution in [0.25, 0.3) is 0 Å². The minimum absolute atomic E-state index is 0.477. The van der Waals surface area contributed by atoms with E-state index in [4.69, 9.17) is 4.52 Å². The van der Waals surface area contributed by atoms with Crippen LogP contribution < -0.4 is 5.32 Å². The monoisotopic (exact) mass is 289 g/mol. The second-order valence-corrected chi connectivity index (χ2v) is 6.19. The van der Waals surface area contributed by atoms with Gasteiger partial charge >= 0.3 is 0 Å². The molecule has 0 amide bonds. The minimum Gasteiger partial charge on any atom is -0.339 e. The Morgan fingerprint density at radius 1 is 1.35 bits per heavy atom. The molecule has 5 heteroatoms. The fourth-order valence-corrected chi connectivity index (χ4v) is 3.05. The lowest BCUT2D eigenvalue weighted by molar-refractivity contribution is 0.349. The van der Waals surface area contributed by atoms with Crippen LogP contribution in [0, 0.1) is 5.92 Å². The average molecular weight is 289 g/mol. The van der Waals surface area contributed by atoms with Crippen LogP contribution in [0.4, 0.5) is 0 Å². The zero-order valence-electron chi connectivity index (χ0n) is 11.6. The van der Waals surface area contributed by atoms with E-state index in [1.807, 2.05) is 25.2 Å². The Labute approximate surface area is 123 Å². The highest BCUT2D eigenvalue weighted by molar-refractivity contribution is 7.98. The van der Waals surface area contributed by atoms with Crippen LogP contribution >= 0.6 is 11.8 Å². The van der Waals surface area contributed by atoms with Crippen molar-refractivity contribution in [1.29, 1.82) is 0 Å². The maximum absolute atomic E-state index is 5.35. The molecule has 0 spiro atoms. The van der Waals surface area contributed by atoms with Crippen LogP contribution in [-0.2, 0) is 12.2 Å². The third kappa shape index (κ3) is 3.61. The van der Waals surface area contributed by atoms with Crippen LogP contribution in [0.3, 0.4) is 0 Å². The third-order valence-corrected chi connectivity index (χ3v) is 4.59. The van der Waals surface area contributed by atoms with Gasteiger partial charge in [0, 0.05) is 17.4 Å². The Bertz CT molecular complexity index is 539. The molecule has 106 valence electrons. The summed E-state index contributed by atoms with van der Waals surface area (Å²) in [5.74, 6) is 3.06. The van der Waals surface area contributed by atoms with E-state index < -0.39 is 0 Å². The summed E-state index contributed by atoms with van der Waals surface area (Å²) in [5, 5.41) is 7.41. The quantitative estimate of drug-likeness (QED) is 0.794.